The largest absolute Gasteiger partial charge is 0.237 e. The van der Waals surface area contributed by atoms with Crippen LogP contribution >= 0.6 is 11.2 Å². The second-order valence-electron chi connectivity index (χ2n) is 2.68. The highest BCUT2D eigenvalue weighted by Gasteiger charge is 2.25. The van der Waals surface area contributed by atoms with E-state index in [1.54, 1.807) is 13.0 Å². The van der Waals surface area contributed by atoms with Gasteiger partial charge in [-0.25, -0.2) is 0 Å². The molecule has 0 spiro atoms. The zero-order valence-electron chi connectivity index (χ0n) is 8.77. The van der Waals surface area contributed by atoms with Gasteiger partial charge in [-0.3, -0.25) is 0 Å². The fraction of sp³-hybridized carbons (Fsp3) is 0.400. The van der Waals surface area contributed by atoms with E-state index in [2.05, 4.69) is 0 Å². The molecule has 0 fully saturated rings. The Morgan fingerprint density at radius 2 is 1.50 bits per heavy atom. The average Bonchev–Trinajstić information content (AvgIpc) is 2.05. The van der Waals surface area contributed by atoms with E-state index < -0.39 is 16.1 Å². The number of benzene rings is 1. The second kappa shape index (κ2) is 5.29. The molecule has 0 aliphatic rings. The lowest BCUT2D eigenvalue weighted by molar-refractivity contribution is 0.632. The monoisotopic (exact) mass is 224 g/mol. The number of aryl methyl sites for hydroxylation is 2. The van der Waals surface area contributed by atoms with Crippen molar-refractivity contribution >= 4 is 11.2 Å². The van der Waals surface area contributed by atoms with Crippen molar-refractivity contribution in [2.24, 2.45) is 0 Å². The van der Waals surface area contributed by atoms with Gasteiger partial charge >= 0.3 is 0 Å². The molecule has 0 saturated carbocycles. The van der Waals surface area contributed by atoms with Crippen LogP contribution in [0.1, 0.15) is 25.0 Å². The summed E-state index contributed by atoms with van der Waals surface area (Å²) >= 11 is -5.05. The number of halogens is 3. The molecule has 82 valence electrons. The maximum Gasteiger partial charge on any atom is 0.237 e. The second-order valence-corrected chi connectivity index (χ2v) is 3.93. The zero-order chi connectivity index (χ0) is 11.4. The third kappa shape index (κ3) is 3.62. The average molecular weight is 224 g/mol. The number of hydrogen-bond acceptors (Lipinski definition) is 0. The van der Waals surface area contributed by atoms with Crippen LogP contribution in [-0.2, 0) is 0 Å². The maximum atomic E-state index is 12.3. The van der Waals surface area contributed by atoms with Gasteiger partial charge in [-0.15, -0.1) is 11.7 Å². The summed E-state index contributed by atoms with van der Waals surface area (Å²) in [5.41, 5.74) is 1.18. The summed E-state index contributed by atoms with van der Waals surface area (Å²) in [4.78, 5) is -0.465. The van der Waals surface area contributed by atoms with Gasteiger partial charge in [0.15, 0.2) is 0 Å². The first-order valence-electron chi connectivity index (χ1n) is 4.41. The predicted molar refractivity (Wildman–Crippen MR) is 56.4 cm³/mol. The molecular weight excluding hydrogens is 209 g/mol. The highest BCUT2D eigenvalue weighted by Crippen LogP contribution is 2.61. The summed E-state index contributed by atoms with van der Waals surface area (Å²) in [5.74, 6) is 0. The molecule has 0 nitrogen and oxygen atoms in total. The van der Waals surface area contributed by atoms with Crippen molar-refractivity contribution in [3.05, 3.63) is 29.3 Å². The van der Waals surface area contributed by atoms with Gasteiger partial charge in [0, 0.05) is 0 Å². The molecule has 1 rings (SSSR count). The van der Waals surface area contributed by atoms with Crippen molar-refractivity contribution < 1.29 is 11.7 Å². The Morgan fingerprint density at radius 1 is 1.00 bits per heavy atom. The molecule has 0 aliphatic heterocycles. The van der Waals surface area contributed by atoms with E-state index in [4.69, 9.17) is 0 Å². The van der Waals surface area contributed by atoms with Gasteiger partial charge in [-0.2, -0.15) is 0 Å². The summed E-state index contributed by atoms with van der Waals surface area (Å²) in [6, 6.07) is 4.19. The zero-order valence-corrected chi connectivity index (χ0v) is 9.59. The molecule has 1 aromatic rings. The summed E-state index contributed by atoms with van der Waals surface area (Å²) in [7, 11) is 0. The van der Waals surface area contributed by atoms with Crippen LogP contribution in [0.15, 0.2) is 23.1 Å². The van der Waals surface area contributed by atoms with Crippen LogP contribution in [0.3, 0.4) is 0 Å². The fourth-order valence-corrected chi connectivity index (χ4v) is 1.71. The van der Waals surface area contributed by atoms with Gasteiger partial charge in [0.05, 0.1) is 4.90 Å². The first-order valence-corrected chi connectivity index (χ1v) is 5.74. The molecule has 0 saturated heterocycles. The Kier molecular flexibility index (Phi) is 5.05. The summed E-state index contributed by atoms with van der Waals surface area (Å²) in [6.45, 7) is 7.27. The molecule has 0 aromatic heterocycles. The van der Waals surface area contributed by atoms with E-state index in [9.17, 15) is 11.7 Å². The molecular formula is C10H15F3S. The fourth-order valence-electron chi connectivity index (χ4n) is 1.06. The normalized spacial score (nSPS) is 11.6. The minimum absolute atomic E-state index is 0.317. The Balaban J connectivity index is 0.000000791. The van der Waals surface area contributed by atoms with Crippen molar-refractivity contribution in [1.82, 2.24) is 0 Å². The quantitative estimate of drug-likeness (QED) is 0.619. The highest BCUT2D eigenvalue weighted by atomic mass is 32.3. The third-order valence-electron chi connectivity index (χ3n) is 1.58. The maximum absolute atomic E-state index is 12.3. The van der Waals surface area contributed by atoms with E-state index in [-0.39, 0.29) is 0 Å². The van der Waals surface area contributed by atoms with Gasteiger partial charge in [-0.05, 0) is 25.5 Å². The van der Waals surface area contributed by atoms with Gasteiger partial charge < -0.3 is 0 Å². The van der Waals surface area contributed by atoms with Crippen molar-refractivity contribution in [1.29, 1.82) is 0 Å². The summed E-state index contributed by atoms with van der Waals surface area (Å²) in [5, 5.41) is 0. The van der Waals surface area contributed by atoms with E-state index in [1.165, 1.54) is 13.0 Å². The van der Waals surface area contributed by atoms with Gasteiger partial charge in [0.25, 0.3) is 0 Å². The van der Waals surface area contributed by atoms with Crippen LogP contribution < -0.4 is 0 Å². The highest BCUT2D eigenvalue weighted by molar-refractivity contribution is 8.21. The smallest absolute Gasteiger partial charge is 0.120 e. The Labute approximate surface area is 85.3 Å². The molecule has 4 heteroatoms. The van der Waals surface area contributed by atoms with Gasteiger partial charge in [-0.1, -0.05) is 31.5 Å². The van der Waals surface area contributed by atoms with E-state index in [0.717, 1.165) is 11.6 Å². The Morgan fingerprint density at radius 3 is 1.86 bits per heavy atom. The van der Waals surface area contributed by atoms with E-state index >= 15 is 0 Å². The standard InChI is InChI=1S/C8H9F3S.C2H6/c1-6-3-4-8(7(2)5-6)12(9,10)11;1-2/h3-5H,1-2H3;1-2H3. The summed E-state index contributed by atoms with van der Waals surface area (Å²) < 4.78 is 36.8. The molecule has 1 aromatic carbocycles. The lowest BCUT2D eigenvalue weighted by Gasteiger charge is -2.12. The van der Waals surface area contributed by atoms with Gasteiger partial charge in [0.1, 0.15) is 0 Å². The van der Waals surface area contributed by atoms with Crippen molar-refractivity contribution in [3.8, 4) is 0 Å². The van der Waals surface area contributed by atoms with Crippen molar-refractivity contribution in [3.63, 3.8) is 0 Å². The van der Waals surface area contributed by atoms with Crippen LogP contribution in [0, 0.1) is 13.8 Å². The number of rotatable bonds is 1. The predicted octanol–water partition coefficient (Wildman–Crippen LogP) is 5.15. The van der Waals surface area contributed by atoms with Crippen LogP contribution in [0.2, 0.25) is 0 Å². The van der Waals surface area contributed by atoms with Gasteiger partial charge in [0.2, 0.25) is 11.2 Å². The minimum Gasteiger partial charge on any atom is -0.120 e. The van der Waals surface area contributed by atoms with E-state index in [1.807, 2.05) is 13.8 Å². The molecule has 0 aliphatic carbocycles. The first-order chi connectivity index (χ1) is 6.41. The van der Waals surface area contributed by atoms with E-state index in [0.29, 0.717) is 5.56 Å². The SMILES string of the molecule is CC.Cc1ccc(S(F)(F)F)c(C)c1. The molecule has 0 N–H and O–H groups in total. The van der Waals surface area contributed by atoms with Crippen LogP contribution in [0.4, 0.5) is 11.7 Å². The first kappa shape index (κ1) is 13.4. The topological polar surface area (TPSA) is 0 Å². The number of hydrogen-bond donors (Lipinski definition) is 0. The Hall–Kier alpha value is -0.640. The van der Waals surface area contributed by atoms with Crippen molar-refractivity contribution in [2.45, 2.75) is 32.6 Å². The van der Waals surface area contributed by atoms with Crippen molar-refractivity contribution in [2.75, 3.05) is 0 Å². The molecule has 0 atom stereocenters. The lowest BCUT2D eigenvalue weighted by Crippen LogP contribution is -1.86. The Bertz CT molecular complexity index is 292. The van der Waals surface area contributed by atoms with Crippen LogP contribution in [0.25, 0.3) is 0 Å². The molecule has 0 heterocycles. The van der Waals surface area contributed by atoms with Crippen LogP contribution in [-0.4, -0.2) is 0 Å². The molecule has 14 heavy (non-hydrogen) atoms. The molecule has 0 unspecified atom stereocenters. The third-order valence-corrected chi connectivity index (χ3v) is 2.54. The lowest BCUT2D eigenvalue weighted by atomic mass is 10.2. The molecule has 0 bridgehead atoms. The van der Waals surface area contributed by atoms with Crippen LogP contribution in [0.5, 0.6) is 0 Å². The summed E-state index contributed by atoms with van der Waals surface area (Å²) in [6.07, 6.45) is 0. The molecule has 0 radical (unpaired) electrons. The minimum atomic E-state index is -5.05. The molecule has 0 amide bonds.